The molecule has 9 nitrogen and oxygen atoms in total. The molecule has 0 spiro atoms. The van der Waals surface area contributed by atoms with Crippen LogP contribution in [0, 0.1) is 5.92 Å². The first-order valence-electron chi connectivity index (χ1n) is 15.2. The Morgan fingerprint density at radius 1 is 1.09 bits per heavy atom. The third-order valence-corrected chi connectivity index (χ3v) is 8.85. The smallest absolute Gasteiger partial charge is 0.416 e. The van der Waals surface area contributed by atoms with Crippen molar-refractivity contribution in [3.8, 4) is 17.2 Å². The summed E-state index contributed by atoms with van der Waals surface area (Å²) in [6.07, 6.45) is -2.40. The fraction of sp³-hybridized carbons (Fsp3) is 0.412. The molecule has 2 aliphatic heterocycles. The van der Waals surface area contributed by atoms with Crippen molar-refractivity contribution in [3.05, 3.63) is 76.5 Å². The number of rotatable bonds is 7. The highest BCUT2D eigenvalue weighted by atomic mass is 19.4. The Morgan fingerprint density at radius 2 is 1.87 bits per heavy atom. The van der Waals surface area contributed by atoms with Gasteiger partial charge in [0, 0.05) is 47.6 Å². The lowest BCUT2D eigenvalue weighted by atomic mass is 9.94. The first kappa shape index (κ1) is 30.1. The summed E-state index contributed by atoms with van der Waals surface area (Å²) < 4.78 is 59.5. The van der Waals surface area contributed by atoms with E-state index in [1.54, 1.807) is 45.2 Å². The molecule has 0 unspecified atom stereocenters. The molecule has 3 heterocycles. The average Bonchev–Trinajstić information content (AvgIpc) is 3.86. The number of fused-ring (bicyclic) bond motifs is 4. The van der Waals surface area contributed by atoms with Crippen molar-refractivity contribution in [1.82, 2.24) is 10.3 Å². The number of halogens is 3. The molecular formula is C34H32F3N3O6. The van der Waals surface area contributed by atoms with Crippen LogP contribution in [0.25, 0.3) is 0 Å². The van der Waals surface area contributed by atoms with Crippen LogP contribution >= 0.6 is 0 Å². The Balaban J connectivity index is 1.08. The number of anilines is 1. The fourth-order valence-electron chi connectivity index (χ4n) is 6.41. The summed E-state index contributed by atoms with van der Waals surface area (Å²) in [4.78, 5) is 42.0. The zero-order chi connectivity index (χ0) is 32.6. The van der Waals surface area contributed by atoms with E-state index in [-0.39, 0.29) is 41.4 Å². The summed E-state index contributed by atoms with van der Waals surface area (Å²) in [5.74, 6) is 1.47. The minimum Gasteiger partial charge on any atom is -0.489 e. The number of alkyl halides is 3. The summed E-state index contributed by atoms with van der Waals surface area (Å²) in [6.45, 7) is 5.10. The number of amides is 2. The number of benzene rings is 2. The van der Waals surface area contributed by atoms with E-state index in [4.69, 9.17) is 14.2 Å². The van der Waals surface area contributed by atoms with Gasteiger partial charge in [0.1, 0.15) is 34.8 Å². The molecule has 2 aliphatic carbocycles. The molecule has 2 aromatic carbocycles. The molecule has 2 fully saturated rings. The van der Waals surface area contributed by atoms with E-state index in [1.807, 2.05) is 6.07 Å². The summed E-state index contributed by atoms with van der Waals surface area (Å²) >= 11 is 0. The quantitative estimate of drug-likeness (QED) is 0.268. The second kappa shape index (κ2) is 10.5. The van der Waals surface area contributed by atoms with Crippen molar-refractivity contribution in [2.24, 2.45) is 5.92 Å². The zero-order valence-electron chi connectivity index (χ0n) is 25.4. The van der Waals surface area contributed by atoms with Crippen LogP contribution in [-0.2, 0) is 27.7 Å². The molecule has 3 aromatic rings. The summed E-state index contributed by atoms with van der Waals surface area (Å²) in [7, 11) is 0. The van der Waals surface area contributed by atoms with Crippen molar-refractivity contribution in [2.75, 3.05) is 5.32 Å². The summed E-state index contributed by atoms with van der Waals surface area (Å²) in [5.41, 5.74) is -0.883. The van der Waals surface area contributed by atoms with Crippen molar-refractivity contribution < 1.29 is 41.8 Å². The number of hydrogen-bond acceptors (Lipinski definition) is 7. The third kappa shape index (κ3) is 5.76. The number of ketones is 1. The molecule has 0 radical (unpaired) electrons. The molecule has 0 bridgehead atoms. The number of nitrogens with zero attached hydrogens (tertiary/aromatic N) is 1. The molecule has 2 saturated carbocycles. The molecule has 4 aliphatic rings. The monoisotopic (exact) mass is 635 g/mol. The molecule has 1 aromatic heterocycles. The minimum atomic E-state index is -4.68. The SMILES string of the molecule is CC(C)(C)OC(=O)NC1(c2cc(C(=O)C[C@@H]3[C@H]4Oc5ccc(Oc6ccnc7c6CCC(=O)N7)cc5[C@@H]34)cc(C(F)(F)F)c2)CC1. The molecule has 3 atom stereocenters. The zero-order valence-corrected chi connectivity index (χ0v) is 25.4. The predicted octanol–water partition coefficient (Wildman–Crippen LogP) is 7.04. The highest BCUT2D eigenvalue weighted by molar-refractivity contribution is 5.97. The lowest BCUT2D eigenvalue weighted by Crippen LogP contribution is -2.39. The van der Waals surface area contributed by atoms with Gasteiger partial charge in [0.2, 0.25) is 5.91 Å². The van der Waals surface area contributed by atoms with E-state index in [2.05, 4.69) is 15.6 Å². The lowest BCUT2D eigenvalue weighted by molar-refractivity contribution is -0.137. The minimum absolute atomic E-state index is 0.00463. The number of carbonyl (C=O) groups is 3. The number of nitrogens with one attached hydrogen (secondary N) is 2. The molecule has 240 valence electrons. The number of aromatic nitrogens is 1. The van der Waals surface area contributed by atoms with Gasteiger partial charge in [-0.2, -0.15) is 13.2 Å². The van der Waals surface area contributed by atoms with E-state index < -0.39 is 34.8 Å². The van der Waals surface area contributed by atoms with Gasteiger partial charge < -0.3 is 24.8 Å². The van der Waals surface area contributed by atoms with Gasteiger partial charge >= 0.3 is 12.3 Å². The van der Waals surface area contributed by atoms with Crippen LogP contribution in [0.5, 0.6) is 17.2 Å². The largest absolute Gasteiger partial charge is 0.489 e. The second-order valence-corrected chi connectivity index (χ2v) is 13.4. The van der Waals surface area contributed by atoms with Gasteiger partial charge in [0.25, 0.3) is 0 Å². The number of alkyl carbamates (subject to hydrolysis) is 1. The maximum Gasteiger partial charge on any atom is 0.416 e. The van der Waals surface area contributed by atoms with Crippen LogP contribution < -0.4 is 20.1 Å². The molecule has 2 N–H and O–H groups in total. The first-order chi connectivity index (χ1) is 21.7. The first-order valence-corrected chi connectivity index (χ1v) is 15.2. The second-order valence-electron chi connectivity index (χ2n) is 13.4. The standard InChI is InChI=1S/C34H32F3N3O6/c1-32(2,3)46-31(43)40-33(9-10-33)18-12-17(13-19(14-18)34(35,36)37)24(41)16-23-28-22-15-20(4-6-25(22)45-29(23)28)44-26-8-11-38-30-21(26)5-7-27(42)39-30/h4,6,8,11-15,23,28-29H,5,7,9-10,16H2,1-3H3,(H,40,43)(H,38,39,42)/t23-,28-,29+/m0/s1. The van der Waals surface area contributed by atoms with Crippen molar-refractivity contribution in [1.29, 1.82) is 0 Å². The molecular weight excluding hydrogens is 603 g/mol. The third-order valence-electron chi connectivity index (χ3n) is 8.85. The number of hydrogen-bond donors (Lipinski definition) is 2. The van der Waals surface area contributed by atoms with Crippen molar-refractivity contribution in [3.63, 3.8) is 0 Å². The topological polar surface area (TPSA) is 116 Å². The highest BCUT2D eigenvalue weighted by Crippen LogP contribution is 2.60. The van der Waals surface area contributed by atoms with E-state index in [0.717, 1.165) is 23.3 Å². The van der Waals surface area contributed by atoms with Crippen LogP contribution in [0.3, 0.4) is 0 Å². The summed E-state index contributed by atoms with van der Waals surface area (Å²) in [5, 5.41) is 5.48. The van der Waals surface area contributed by atoms with E-state index in [9.17, 15) is 27.6 Å². The van der Waals surface area contributed by atoms with Gasteiger partial charge in [-0.15, -0.1) is 0 Å². The Hall–Kier alpha value is -4.61. The van der Waals surface area contributed by atoms with E-state index >= 15 is 0 Å². The predicted molar refractivity (Wildman–Crippen MR) is 159 cm³/mol. The maximum absolute atomic E-state index is 14.0. The van der Waals surface area contributed by atoms with Crippen LogP contribution in [-0.4, -0.2) is 34.5 Å². The number of ether oxygens (including phenoxy) is 3. The number of pyridine rings is 1. The number of Topliss-reactive ketones (excluding diaryl/α,β-unsaturated/α-hetero) is 1. The molecule has 2 amide bonds. The Morgan fingerprint density at radius 3 is 2.59 bits per heavy atom. The number of carbonyl (C=O) groups excluding carboxylic acids is 3. The maximum atomic E-state index is 14.0. The van der Waals surface area contributed by atoms with Gasteiger partial charge in [0.05, 0.1) is 11.1 Å². The van der Waals surface area contributed by atoms with Gasteiger partial charge in [0.15, 0.2) is 5.78 Å². The van der Waals surface area contributed by atoms with Crippen LogP contribution in [0.2, 0.25) is 0 Å². The fourth-order valence-corrected chi connectivity index (χ4v) is 6.41. The van der Waals surface area contributed by atoms with Gasteiger partial charge in [-0.25, -0.2) is 9.78 Å². The van der Waals surface area contributed by atoms with Gasteiger partial charge in [-0.1, -0.05) is 0 Å². The lowest BCUT2D eigenvalue weighted by Gasteiger charge is -2.24. The van der Waals surface area contributed by atoms with Gasteiger partial charge in [-0.3, -0.25) is 9.59 Å². The van der Waals surface area contributed by atoms with Crippen LogP contribution in [0.15, 0.2) is 48.7 Å². The van der Waals surface area contributed by atoms with E-state index in [0.29, 0.717) is 48.7 Å². The molecule has 12 heteroatoms. The normalized spacial score (nSPS) is 22.0. The van der Waals surface area contributed by atoms with Gasteiger partial charge in [-0.05, 0) is 88.1 Å². The molecule has 7 rings (SSSR count). The Bertz CT molecular complexity index is 1780. The Kier molecular flexibility index (Phi) is 6.84. The Labute approximate surface area is 262 Å². The molecule has 0 saturated heterocycles. The van der Waals surface area contributed by atoms with E-state index in [1.165, 1.54) is 6.07 Å². The highest BCUT2D eigenvalue weighted by Gasteiger charge is 2.59. The average molecular weight is 636 g/mol. The van der Waals surface area contributed by atoms with Crippen LogP contribution in [0.1, 0.15) is 85.0 Å². The molecule has 46 heavy (non-hydrogen) atoms. The van der Waals surface area contributed by atoms with Crippen molar-refractivity contribution >= 4 is 23.6 Å². The van der Waals surface area contributed by atoms with Crippen LogP contribution in [0.4, 0.5) is 23.8 Å². The van der Waals surface area contributed by atoms with Crippen molar-refractivity contribution in [2.45, 2.75) is 82.2 Å². The summed E-state index contributed by atoms with van der Waals surface area (Å²) in [6, 6.07) is 10.5.